The lowest BCUT2D eigenvalue weighted by molar-refractivity contribution is -0.131. The van der Waals surface area contributed by atoms with Gasteiger partial charge in [0.15, 0.2) is 0 Å². The number of rotatable bonds is 6. The van der Waals surface area contributed by atoms with Gasteiger partial charge in [0, 0.05) is 26.1 Å². The number of halogens is 1. The fourth-order valence-electron chi connectivity index (χ4n) is 1.96. The Bertz CT molecular complexity index is 401. The molecule has 0 radical (unpaired) electrons. The van der Waals surface area contributed by atoms with Crippen LogP contribution in [0.15, 0.2) is 24.3 Å². The molecule has 0 unspecified atom stereocenters. The first kappa shape index (κ1) is 13.0. The highest BCUT2D eigenvalue weighted by Gasteiger charge is 2.26. The van der Waals surface area contributed by atoms with Gasteiger partial charge in [0.1, 0.15) is 5.82 Å². The Morgan fingerprint density at radius 3 is 2.56 bits per heavy atom. The van der Waals surface area contributed by atoms with Gasteiger partial charge in [0.25, 0.3) is 0 Å². The van der Waals surface area contributed by atoms with E-state index in [0.717, 1.165) is 12.1 Å². The molecular weight excluding hydrogens is 231 g/mol. The Hall–Kier alpha value is -1.42. The summed E-state index contributed by atoms with van der Waals surface area (Å²) >= 11 is 0. The maximum Gasteiger partial charge on any atom is 0.224 e. The monoisotopic (exact) mass is 250 g/mol. The van der Waals surface area contributed by atoms with Gasteiger partial charge in [0.05, 0.1) is 0 Å². The minimum Gasteiger partial charge on any atom is -0.338 e. The summed E-state index contributed by atoms with van der Waals surface area (Å²) in [6, 6.07) is 6.31. The van der Waals surface area contributed by atoms with Crippen molar-refractivity contribution in [1.82, 2.24) is 4.90 Å². The summed E-state index contributed by atoms with van der Waals surface area (Å²) in [7, 11) is 0. The highest BCUT2D eigenvalue weighted by molar-refractivity contribution is 5.76. The summed E-state index contributed by atoms with van der Waals surface area (Å²) in [5.74, 6) is 0.488. The van der Waals surface area contributed by atoms with E-state index >= 15 is 0 Å². The first-order chi connectivity index (χ1) is 8.69. The van der Waals surface area contributed by atoms with Crippen molar-refractivity contribution in [3.63, 3.8) is 0 Å². The molecule has 1 aromatic carbocycles. The smallest absolute Gasteiger partial charge is 0.224 e. The number of nitrogens with zero attached hydrogens (tertiary/aromatic N) is 1. The van der Waals surface area contributed by atoms with Crippen molar-refractivity contribution >= 4 is 5.91 Å². The SMILES string of the molecule is NCCC(=O)N(Cc1ccc(F)cc1)CC1CC1. The maximum atomic E-state index is 12.8. The second-order valence-electron chi connectivity index (χ2n) is 4.88. The third-order valence-electron chi connectivity index (χ3n) is 3.17. The van der Waals surface area contributed by atoms with Crippen molar-refractivity contribution in [3.05, 3.63) is 35.6 Å². The fourth-order valence-corrected chi connectivity index (χ4v) is 1.96. The summed E-state index contributed by atoms with van der Waals surface area (Å²) in [5.41, 5.74) is 6.39. The molecule has 0 aromatic heterocycles. The van der Waals surface area contributed by atoms with Gasteiger partial charge in [-0.1, -0.05) is 12.1 Å². The van der Waals surface area contributed by atoms with Crippen LogP contribution < -0.4 is 5.73 Å². The van der Waals surface area contributed by atoms with E-state index < -0.39 is 0 Å². The number of carbonyl (C=O) groups excluding carboxylic acids is 1. The van der Waals surface area contributed by atoms with Crippen molar-refractivity contribution in [2.24, 2.45) is 11.7 Å². The van der Waals surface area contributed by atoms with E-state index in [0.29, 0.717) is 25.4 Å². The Morgan fingerprint density at radius 1 is 1.33 bits per heavy atom. The molecular formula is C14H19FN2O. The van der Waals surface area contributed by atoms with Crippen LogP contribution in [0.1, 0.15) is 24.8 Å². The van der Waals surface area contributed by atoms with Crippen LogP contribution in [0.25, 0.3) is 0 Å². The molecule has 1 aliphatic rings. The molecule has 0 spiro atoms. The molecule has 1 fully saturated rings. The van der Waals surface area contributed by atoms with E-state index in [2.05, 4.69) is 0 Å². The molecule has 18 heavy (non-hydrogen) atoms. The van der Waals surface area contributed by atoms with Crippen molar-refractivity contribution in [1.29, 1.82) is 0 Å². The Balaban J connectivity index is 1.98. The van der Waals surface area contributed by atoms with Crippen molar-refractivity contribution in [2.75, 3.05) is 13.1 Å². The number of benzene rings is 1. The quantitative estimate of drug-likeness (QED) is 0.838. The molecule has 0 aliphatic heterocycles. The lowest BCUT2D eigenvalue weighted by atomic mass is 10.2. The Morgan fingerprint density at radius 2 is 2.00 bits per heavy atom. The molecule has 1 amide bonds. The summed E-state index contributed by atoms with van der Waals surface area (Å²) < 4.78 is 12.8. The lowest BCUT2D eigenvalue weighted by Gasteiger charge is -2.22. The highest BCUT2D eigenvalue weighted by atomic mass is 19.1. The van der Waals surface area contributed by atoms with Crippen LogP contribution in [0.2, 0.25) is 0 Å². The lowest BCUT2D eigenvalue weighted by Crippen LogP contribution is -2.33. The topological polar surface area (TPSA) is 46.3 Å². The van der Waals surface area contributed by atoms with Crippen LogP contribution in [0.3, 0.4) is 0 Å². The molecule has 98 valence electrons. The van der Waals surface area contributed by atoms with E-state index in [9.17, 15) is 9.18 Å². The fraction of sp³-hybridized carbons (Fsp3) is 0.500. The molecule has 2 N–H and O–H groups in total. The molecule has 3 nitrogen and oxygen atoms in total. The van der Waals surface area contributed by atoms with Gasteiger partial charge in [-0.25, -0.2) is 4.39 Å². The highest BCUT2D eigenvalue weighted by Crippen LogP contribution is 2.30. The normalized spacial score (nSPS) is 14.6. The molecule has 2 rings (SSSR count). The predicted molar refractivity (Wildman–Crippen MR) is 68.2 cm³/mol. The summed E-state index contributed by atoms with van der Waals surface area (Å²) in [6.07, 6.45) is 2.79. The average molecular weight is 250 g/mol. The second kappa shape index (κ2) is 5.96. The van der Waals surface area contributed by atoms with Crippen LogP contribution in [0, 0.1) is 11.7 Å². The van der Waals surface area contributed by atoms with E-state index in [1.165, 1.54) is 25.0 Å². The van der Waals surface area contributed by atoms with Crippen LogP contribution in [-0.2, 0) is 11.3 Å². The second-order valence-corrected chi connectivity index (χ2v) is 4.88. The number of hydrogen-bond acceptors (Lipinski definition) is 2. The standard InChI is InChI=1S/C14H19FN2O/c15-13-5-3-12(4-6-13)10-17(9-11-1-2-11)14(18)7-8-16/h3-6,11H,1-2,7-10,16H2. The van der Waals surface area contributed by atoms with Gasteiger partial charge in [0.2, 0.25) is 5.91 Å². The molecule has 1 aromatic rings. The number of nitrogens with two attached hydrogens (primary N) is 1. The minimum atomic E-state index is -0.249. The van der Waals surface area contributed by atoms with Crippen LogP contribution in [0.5, 0.6) is 0 Å². The van der Waals surface area contributed by atoms with Gasteiger partial charge in [-0.15, -0.1) is 0 Å². The number of amides is 1. The van der Waals surface area contributed by atoms with Crippen LogP contribution in [-0.4, -0.2) is 23.9 Å². The van der Waals surface area contributed by atoms with Crippen molar-refractivity contribution in [3.8, 4) is 0 Å². The van der Waals surface area contributed by atoms with Crippen LogP contribution in [0.4, 0.5) is 4.39 Å². The van der Waals surface area contributed by atoms with Gasteiger partial charge in [-0.2, -0.15) is 0 Å². The number of hydrogen-bond donors (Lipinski definition) is 1. The number of carbonyl (C=O) groups is 1. The molecule has 0 bridgehead atoms. The third kappa shape index (κ3) is 3.81. The molecule has 4 heteroatoms. The van der Waals surface area contributed by atoms with E-state index in [-0.39, 0.29) is 11.7 Å². The van der Waals surface area contributed by atoms with Gasteiger partial charge >= 0.3 is 0 Å². The molecule has 1 saturated carbocycles. The molecule has 0 heterocycles. The summed E-state index contributed by atoms with van der Waals surface area (Å²) in [5, 5.41) is 0. The first-order valence-corrected chi connectivity index (χ1v) is 6.41. The van der Waals surface area contributed by atoms with Crippen molar-refractivity contribution < 1.29 is 9.18 Å². The van der Waals surface area contributed by atoms with Crippen molar-refractivity contribution in [2.45, 2.75) is 25.8 Å². The van der Waals surface area contributed by atoms with E-state index in [1.807, 2.05) is 4.90 Å². The van der Waals surface area contributed by atoms with E-state index in [4.69, 9.17) is 5.73 Å². The van der Waals surface area contributed by atoms with Crippen LogP contribution >= 0.6 is 0 Å². The van der Waals surface area contributed by atoms with E-state index in [1.54, 1.807) is 12.1 Å². The summed E-state index contributed by atoms with van der Waals surface area (Å²) in [6.45, 7) is 1.73. The van der Waals surface area contributed by atoms with Gasteiger partial charge in [-0.3, -0.25) is 4.79 Å². The molecule has 0 atom stereocenters. The molecule has 1 aliphatic carbocycles. The zero-order chi connectivity index (χ0) is 13.0. The van der Waals surface area contributed by atoms with Gasteiger partial charge in [-0.05, 0) is 36.5 Å². The zero-order valence-electron chi connectivity index (χ0n) is 10.4. The minimum absolute atomic E-state index is 0.0914. The zero-order valence-corrected chi connectivity index (χ0v) is 10.4. The average Bonchev–Trinajstić information content (AvgIpc) is 3.15. The van der Waals surface area contributed by atoms with Gasteiger partial charge < -0.3 is 10.6 Å². The summed E-state index contributed by atoms with van der Waals surface area (Å²) in [4.78, 5) is 13.8. The largest absolute Gasteiger partial charge is 0.338 e. The Kier molecular flexibility index (Phi) is 4.31. The first-order valence-electron chi connectivity index (χ1n) is 6.41. The maximum absolute atomic E-state index is 12.8. The third-order valence-corrected chi connectivity index (χ3v) is 3.17. The predicted octanol–water partition coefficient (Wildman–Crippen LogP) is 1.91. The Labute approximate surface area is 107 Å². The molecule has 0 saturated heterocycles.